The van der Waals surface area contributed by atoms with E-state index in [-0.39, 0.29) is 19.1 Å². The molecule has 0 bridgehead atoms. The molecule has 1 saturated heterocycles. The number of carbonyl (C=O) groups excluding carboxylic acids is 1. The summed E-state index contributed by atoms with van der Waals surface area (Å²) in [6, 6.07) is 16.8. The molecule has 0 radical (unpaired) electrons. The molecule has 0 saturated carbocycles. The summed E-state index contributed by atoms with van der Waals surface area (Å²) in [7, 11) is 0. The molecule has 1 atom stereocenters. The van der Waals surface area contributed by atoms with Crippen molar-refractivity contribution in [1.82, 2.24) is 19.5 Å². The van der Waals surface area contributed by atoms with Gasteiger partial charge in [0.05, 0.1) is 30.1 Å². The topological polar surface area (TPSA) is 165 Å². The van der Waals surface area contributed by atoms with Crippen LogP contribution in [0.4, 0.5) is 19.0 Å². The second-order valence-corrected chi connectivity index (χ2v) is 9.46. The number of halogens is 3. The Morgan fingerprint density at radius 2 is 1.75 bits per heavy atom. The van der Waals surface area contributed by atoms with Crippen LogP contribution in [0.3, 0.4) is 0 Å². The minimum absolute atomic E-state index is 0.115. The van der Waals surface area contributed by atoms with Crippen LogP contribution in [-0.4, -0.2) is 92.3 Å². The van der Waals surface area contributed by atoms with Crippen LogP contribution in [0.25, 0.3) is 16.6 Å². The van der Waals surface area contributed by atoms with Crippen molar-refractivity contribution in [3.8, 4) is 22.9 Å². The fourth-order valence-electron chi connectivity index (χ4n) is 4.48. The lowest BCUT2D eigenvalue weighted by molar-refractivity contribution is -0.192. The average Bonchev–Trinajstić information content (AvgIpc) is 3.46. The lowest BCUT2D eigenvalue weighted by atomic mass is 10.1. The molecular weight excluding hydrogens is 585 g/mol. The number of aromatic nitrogens is 3. The molecule has 3 N–H and O–H groups in total. The van der Waals surface area contributed by atoms with Crippen LogP contribution in [0.2, 0.25) is 0 Å². The van der Waals surface area contributed by atoms with Gasteiger partial charge < -0.3 is 29.9 Å². The number of carboxylic acid groups (broad SMARTS) is 1. The Kier molecular flexibility index (Phi) is 9.99. The zero-order chi connectivity index (χ0) is 31.9. The number of hydrogen-bond acceptors (Lipinski definition) is 9. The molecule has 4 aromatic rings. The Hall–Kier alpha value is -5.20. The van der Waals surface area contributed by atoms with E-state index in [1.165, 1.54) is 6.20 Å². The maximum Gasteiger partial charge on any atom is 0.490 e. The molecule has 44 heavy (non-hydrogen) atoms. The number of aliphatic hydroxyl groups excluding tert-OH is 2. The summed E-state index contributed by atoms with van der Waals surface area (Å²) in [5, 5.41) is 40.5. The molecule has 1 aromatic carbocycles. The number of aliphatic carboxylic acids is 1. The predicted octanol–water partition coefficient (Wildman–Crippen LogP) is 2.65. The molecule has 0 spiro atoms. The molecule has 1 aliphatic heterocycles. The summed E-state index contributed by atoms with van der Waals surface area (Å²) in [5.74, 6) is -1.76. The van der Waals surface area contributed by atoms with Crippen LogP contribution in [-0.2, 0) is 9.59 Å². The number of ether oxygens (including phenoxy) is 1. The van der Waals surface area contributed by atoms with Gasteiger partial charge >= 0.3 is 12.1 Å². The fraction of sp³-hybridized carbons (Fsp3) is 0.276. The van der Waals surface area contributed by atoms with E-state index in [1.807, 2.05) is 24.3 Å². The van der Waals surface area contributed by atoms with Gasteiger partial charge in [-0.1, -0.05) is 30.3 Å². The van der Waals surface area contributed by atoms with Crippen molar-refractivity contribution >= 4 is 23.2 Å². The lowest BCUT2D eigenvalue weighted by Gasteiger charge is -2.36. The highest BCUT2D eigenvalue weighted by atomic mass is 19.4. The number of anilines is 1. The number of rotatable bonds is 7. The first-order chi connectivity index (χ1) is 21.0. The average molecular weight is 613 g/mol. The second-order valence-electron chi connectivity index (χ2n) is 9.46. The fourth-order valence-corrected chi connectivity index (χ4v) is 4.48. The van der Waals surface area contributed by atoms with E-state index in [4.69, 9.17) is 19.7 Å². The van der Waals surface area contributed by atoms with Gasteiger partial charge in [0.15, 0.2) is 6.10 Å². The number of benzene rings is 1. The van der Waals surface area contributed by atoms with Crippen molar-refractivity contribution < 1.29 is 42.8 Å². The molecule has 1 aliphatic rings. The van der Waals surface area contributed by atoms with Crippen molar-refractivity contribution in [3.63, 3.8) is 0 Å². The maximum atomic E-state index is 12.8. The molecule has 5 rings (SSSR count). The molecular formula is C29H27F3N6O6. The Bertz CT molecular complexity index is 1630. The first kappa shape index (κ1) is 31.7. The van der Waals surface area contributed by atoms with Gasteiger partial charge in [0.25, 0.3) is 5.91 Å². The summed E-state index contributed by atoms with van der Waals surface area (Å²) in [4.78, 5) is 30.1. The Labute approximate surface area is 248 Å². The molecule has 15 heteroatoms. The normalized spacial score (nSPS) is 13.9. The monoisotopic (exact) mass is 612 g/mol. The number of aliphatic hydroxyl groups is 2. The van der Waals surface area contributed by atoms with Crippen molar-refractivity contribution in [3.05, 3.63) is 78.2 Å². The Morgan fingerprint density at radius 1 is 1.07 bits per heavy atom. The van der Waals surface area contributed by atoms with E-state index in [1.54, 1.807) is 46.1 Å². The van der Waals surface area contributed by atoms with E-state index in [2.05, 4.69) is 21.1 Å². The first-order valence-electron chi connectivity index (χ1n) is 13.2. The Morgan fingerprint density at radius 3 is 2.32 bits per heavy atom. The smallest absolute Gasteiger partial charge is 0.490 e. The second kappa shape index (κ2) is 13.8. The quantitative estimate of drug-likeness (QED) is 0.283. The third-order valence-corrected chi connectivity index (χ3v) is 6.63. The molecule has 4 heterocycles. The van der Waals surface area contributed by atoms with E-state index < -0.39 is 18.2 Å². The number of nitriles is 1. The van der Waals surface area contributed by atoms with Gasteiger partial charge in [0.1, 0.15) is 24.2 Å². The minimum Gasteiger partial charge on any atom is -0.490 e. The van der Waals surface area contributed by atoms with Gasteiger partial charge in [-0.25, -0.2) is 14.3 Å². The van der Waals surface area contributed by atoms with Crippen molar-refractivity contribution in [2.75, 3.05) is 44.3 Å². The van der Waals surface area contributed by atoms with E-state index >= 15 is 0 Å². The van der Waals surface area contributed by atoms with Gasteiger partial charge in [-0.05, 0) is 23.8 Å². The van der Waals surface area contributed by atoms with Gasteiger partial charge in [-0.2, -0.15) is 23.5 Å². The highest BCUT2D eigenvalue weighted by molar-refractivity contribution is 5.85. The third kappa shape index (κ3) is 7.41. The zero-order valence-corrected chi connectivity index (χ0v) is 23.1. The molecule has 0 unspecified atom stereocenters. The van der Waals surface area contributed by atoms with Gasteiger partial charge in [0, 0.05) is 43.5 Å². The van der Waals surface area contributed by atoms with Crippen LogP contribution < -0.4 is 9.64 Å². The van der Waals surface area contributed by atoms with Gasteiger partial charge in [0.2, 0.25) is 0 Å². The van der Waals surface area contributed by atoms with Crippen LogP contribution in [0, 0.1) is 11.3 Å². The van der Waals surface area contributed by atoms with Crippen LogP contribution in [0.5, 0.6) is 5.75 Å². The van der Waals surface area contributed by atoms with Gasteiger partial charge in [-0.15, -0.1) is 0 Å². The maximum absolute atomic E-state index is 12.8. The van der Waals surface area contributed by atoms with E-state index in [0.717, 1.165) is 16.9 Å². The highest BCUT2D eigenvalue weighted by Crippen LogP contribution is 2.31. The molecule has 230 valence electrons. The SMILES string of the molecule is N#Cc1cnn2cc(OCCO)cc(-c3ccc(N4CCN(C(=O)[C@@H](O)c5ccccc5)CC4)nc3)c12.O=C(O)C(F)(F)F. The number of alkyl halides is 3. The Balaban J connectivity index is 0.000000566. The summed E-state index contributed by atoms with van der Waals surface area (Å²) < 4.78 is 38.9. The number of carboxylic acids is 1. The number of fused-ring (bicyclic) bond motifs is 1. The molecule has 3 aromatic heterocycles. The number of piperazine rings is 1. The summed E-state index contributed by atoms with van der Waals surface area (Å²) in [6.45, 7) is 2.18. The van der Waals surface area contributed by atoms with Gasteiger partial charge in [-0.3, -0.25) is 4.79 Å². The largest absolute Gasteiger partial charge is 0.490 e. The summed E-state index contributed by atoms with van der Waals surface area (Å²) in [6.07, 6.45) is -1.33. The van der Waals surface area contributed by atoms with Crippen molar-refractivity contribution in [2.24, 2.45) is 0 Å². The van der Waals surface area contributed by atoms with Crippen LogP contribution >= 0.6 is 0 Å². The summed E-state index contributed by atoms with van der Waals surface area (Å²) >= 11 is 0. The zero-order valence-electron chi connectivity index (χ0n) is 23.1. The number of amides is 1. The molecule has 1 amide bonds. The molecule has 12 nitrogen and oxygen atoms in total. The van der Waals surface area contributed by atoms with Crippen LogP contribution in [0.1, 0.15) is 17.2 Å². The minimum atomic E-state index is -5.08. The number of carbonyl (C=O) groups is 2. The number of hydrogen-bond donors (Lipinski definition) is 3. The van der Waals surface area contributed by atoms with Crippen LogP contribution in [0.15, 0.2) is 67.1 Å². The van der Waals surface area contributed by atoms with Crippen molar-refractivity contribution in [1.29, 1.82) is 5.26 Å². The first-order valence-corrected chi connectivity index (χ1v) is 13.2. The lowest BCUT2D eigenvalue weighted by Crippen LogP contribution is -2.50. The standard InChI is InChI=1S/C27H26N6O4.C2HF3O2/c28-15-21-17-30-33-18-22(37-13-12-34)14-23(25(21)33)20-6-7-24(29-16-20)31-8-10-32(11-9-31)27(36)26(35)19-4-2-1-3-5-19;3-2(4,5)1(6)7/h1-7,14,16-18,26,34-35H,8-13H2;(H,6,7)/t26-;/m0./s1. The molecule has 1 fully saturated rings. The predicted molar refractivity (Wildman–Crippen MR) is 150 cm³/mol. The number of nitrogens with zero attached hydrogens (tertiary/aromatic N) is 6. The van der Waals surface area contributed by atoms with E-state index in [0.29, 0.717) is 48.6 Å². The third-order valence-electron chi connectivity index (χ3n) is 6.63. The molecule has 0 aliphatic carbocycles. The van der Waals surface area contributed by atoms with Crippen molar-refractivity contribution in [2.45, 2.75) is 12.3 Å². The number of pyridine rings is 2. The highest BCUT2D eigenvalue weighted by Gasteiger charge is 2.38. The summed E-state index contributed by atoms with van der Waals surface area (Å²) in [5.41, 5.74) is 3.21. The van der Waals surface area contributed by atoms with E-state index in [9.17, 15) is 28.3 Å².